The second-order valence-corrected chi connectivity index (χ2v) is 6.30. The van der Waals surface area contributed by atoms with Gasteiger partial charge in [-0.2, -0.15) is 0 Å². The van der Waals surface area contributed by atoms with E-state index in [-0.39, 0.29) is 11.5 Å². The molecule has 1 aliphatic carbocycles. The summed E-state index contributed by atoms with van der Waals surface area (Å²) in [6.07, 6.45) is 6.40. The van der Waals surface area contributed by atoms with Gasteiger partial charge in [0.1, 0.15) is 0 Å². The monoisotopic (exact) mass is 288 g/mol. The Morgan fingerprint density at radius 3 is 2.57 bits per heavy atom. The van der Waals surface area contributed by atoms with Gasteiger partial charge < -0.3 is 15.8 Å². The molecule has 3 rings (SSSR count). The van der Waals surface area contributed by atoms with E-state index >= 15 is 0 Å². The number of carbonyl (C=O) groups excluding carboxylic acids is 1. The lowest BCUT2D eigenvalue weighted by molar-refractivity contribution is -0.117. The summed E-state index contributed by atoms with van der Waals surface area (Å²) in [4.78, 5) is 10.9. The van der Waals surface area contributed by atoms with Crippen LogP contribution >= 0.6 is 0 Å². The van der Waals surface area contributed by atoms with Gasteiger partial charge in [0.25, 0.3) is 0 Å². The first kappa shape index (κ1) is 14.5. The molecular formula is C17H24N2O2. The summed E-state index contributed by atoms with van der Waals surface area (Å²) in [5.41, 5.74) is 7.52. The molecule has 3 N–H and O–H groups in total. The van der Waals surface area contributed by atoms with E-state index in [9.17, 15) is 4.79 Å². The van der Waals surface area contributed by atoms with Crippen LogP contribution in [0.4, 0.5) is 0 Å². The number of ether oxygens (including phenoxy) is 1. The van der Waals surface area contributed by atoms with Crippen molar-refractivity contribution in [2.75, 3.05) is 6.61 Å². The summed E-state index contributed by atoms with van der Waals surface area (Å²) in [5.74, 6) is -0.285. The molecule has 1 aliphatic heterocycles. The molecular weight excluding hydrogens is 264 g/mol. The molecule has 1 aromatic rings. The van der Waals surface area contributed by atoms with Crippen LogP contribution in [0.5, 0.6) is 0 Å². The Morgan fingerprint density at radius 2 is 1.90 bits per heavy atom. The normalized spacial score (nSPS) is 23.7. The van der Waals surface area contributed by atoms with Crippen LogP contribution in [0.2, 0.25) is 0 Å². The maximum absolute atomic E-state index is 10.9. The Labute approximate surface area is 126 Å². The van der Waals surface area contributed by atoms with Gasteiger partial charge in [0.15, 0.2) is 0 Å². The zero-order valence-electron chi connectivity index (χ0n) is 12.4. The van der Waals surface area contributed by atoms with Gasteiger partial charge in [-0.15, -0.1) is 0 Å². The Morgan fingerprint density at radius 1 is 1.24 bits per heavy atom. The molecule has 1 atom stereocenters. The smallest absolute Gasteiger partial charge is 0.221 e. The molecule has 4 heteroatoms. The quantitative estimate of drug-likeness (QED) is 0.870. The lowest BCUT2D eigenvalue weighted by Crippen LogP contribution is -2.45. The molecule has 114 valence electrons. The van der Waals surface area contributed by atoms with Gasteiger partial charge in [-0.1, -0.05) is 37.1 Å². The number of hydrogen-bond donors (Lipinski definition) is 2. The second kappa shape index (κ2) is 6.16. The number of amides is 1. The highest BCUT2D eigenvalue weighted by Crippen LogP contribution is 2.41. The number of nitrogens with one attached hydrogen (secondary N) is 1. The van der Waals surface area contributed by atoms with Crippen molar-refractivity contribution in [1.82, 2.24) is 5.32 Å². The van der Waals surface area contributed by atoms with E-state index in [1.807, 2.05) is 12.1 Å². The Balaban J connectivity index is 1.56. The summed E-state index contributed by atoms with van der Waals surface area (Å²) < 4.78 is 6.05. The third kappa shape index (κ3) is 3.27. The summed E-state index contributed by atoms with van der Waals surface area (Å²) in [6, 6.07) is 8.59. The van der Waals surface area contributed by atoms with E-state index in [1.54, 1.807) is 0 Å². The Hall–Kier alpha value is -1.39. The van der Waals surface area contributed by atoms with Gasteiger partial charge >= 0.3 is 0 Å². The van der Waals surface area contributed by atoms with Crippen LogP contribution in [0.25, 0.3) is 0 Å². The minimum absolute atomic E-state index is 0.103. The lowest BCUT2D eigenvalue weighted by atomic mass is 9.92. The fourth-order valence-corrected chi connectivity index (χ4v) is 3.72. The zero-order chi connectivity index (χ0) is 14.7. The highest BCUT2D eigenvalue weighted by atomic mass is 16.5. The minimum atomic E-state index is -0.285. The van der Waals surface area contributed by atoms with E-state index in [2.05, 4.69) is 17.4 Å². The Bertz CT molecular complexity index is 487. The predicted octanol–water partition coefficient (Wildman–Crippen LogP) is 1.91. The first-order valence-corrected chi connectivity index (χ1v) is 7.91. The first-order valence-electron chi connectivity index (χ1n) is 7.91. The van der Waals surface area contributed by atoms with Crippen LogP contribution in [-0.2, 0) is 22.5 Å². The maximum atomic E-state index is 10.9. The summed E-state index contributed by atoms with van der Waals surface area (Å²) >= 11 is 0. The number of nitrogens with two attached hydrogens (primary N) is 1. The molecule has 0 radical (unpaired) electrons. The van der Waals surface area contributed by atoms with Crippen LogP contribution in [-0.4, -0.2) is 24.2 Å². The van der Waals surface area contributed by atoms with Crippen LogP contribution in [0.3, 0.4) is 0 Å². The molecule has 1 spiro atoms. The average molecular weight is 288 g/mol. The molecule has 1 heterocycles. The summed E-state index contributed by atoms with van der Waals surface area (Å²) in [5, 5.41) is 3.67. The van der Waals surface area contributed by atoms with E-state index in [1.165, 1.54) is 31.2 Å². The van der Waals surface area contributed by atoms with Crippen molar-refractivity contribution in [3.05, 3.63) is 35.4 Å². The largest absolute Gasteiger partial charge is 0.373 e. The van der Waals surface area contributed by atoms with Crippen molar-refractivity contribution in [2.24, 2.45) is 5.73 Å². The number of rotatable bonds is 5. The topological polar surface area (TPSA) is 64.4 Å². The van der Waals surface area contributed by atoms with Gasteiger partial charge in [-0.25, -0.2) is 0 Å². The number of hydrogen-bond acceptors (Lipinski definition) is 3. The molecule has 4 nitrogen and oxygen atoms in total. The van der Waals surface area contributed by atoms with Crippen LogP contribution in [0.1, 0.15) is 43.2 Å². The van der Waals surface area contributed by atoms with Gasteiger partial charge in [0.05, 0.1) is 12.0 Å². The Kier molecular flexibility index (Phi) is 4.27. The van der Waals surface area contributed by atoms with E-state index < -0.39 is 0 Å². The molecule has 0 bridgehead atoms. The number of benzene rings is 1. The van der Waals surface area contributed by atoms with Gasteiger partial charge in [-0.3, -0.25) is 4.79 Å². The van der Waals surface area contributed by atoms with Gasteiger partial charge in [0, 0.05) is 19.2 Å². The molecule has 0 aromatic heterocycles. The number of primary amides is 1. The molecule has 21 heavy (non-hydrogen) atoms. The van der Waals surface area contributed by atoms with Crippen molar-refractivity contribution in [1.29, 1.82) is 0 Å². The molecule has 1 saturated carbocycles. The third-order valence-corrected chi connectivity index (χ3v) is 4.83. The first-order chi connectivity index (χ1) is 10.2. The van der Waals surface area contributed by atoms with Crippen molar-refractivity contribution in [3.63, 3.8) is 0 Å². The van der Waals surface area contributed by atoms with Gasteiger partial charge in [0.2, 0.25) is 5.91 Å². The molecule has 1 saturated heterocycles. The summed E-state index contributed by atoms with van der Waals surface area (Å²) in [7, 11) is 0. The summed E-state index contributed by atoms with van der Waals surface area (Å²) in [6.45, 7) is 1.74. The number of carbonyl (C=O) groups is 1. The van der Waals surface area contributed by atoms with Crippen molar-refractivity contribution >= 4 is 5.91 Å². The van der Waals surface area contributed by atoms with Crippen molar-refractivity contribution < 1.29 is 9.53 Å². The third-order valence-electron chi connectivity index (χ3n) is 4.83. The van der Waals surface area contributed by atoms with Crippen molar-refractivity contribution in [2.45, 2.75) is 56.7 Å². The molecule has 2 aliphatic rings. The molecule has 1 aromatic carbocycles. The van der Waals surface area contributed by atoms with Crippen molar-refractivity contribution in [3.8, 4) is 0 Å². The van der Waals surface area contributed by atoms with Crippen LogP contribution in [0, 0.1) is 0 Å². The fraction of sp³-hybridized carbons (Fsp3) is 0.588. The SMILES string of the molecule is NC(=O)Cc1ccc(CNC2CCOC23CCCC3)cc1. The van der Waals surface area contributed by atoms with E-state index in [4.69, 9.17) is 10.5 Å². The minimum Gasteiger partial charge on any atom is -0.373 e. The molecule has 2 fully saturated rings. The standard InChI is InChI=1S/C17H24N2O2/c18-16(20)11-13-3-5-14(6-4-13)12-19-15-7-10-21-17(15)8-1-2-9-17/h3-6,15,19H,1-2,7-12H2,(H2,18,20). The second-order valence-electron chi connectivity index (χ2n) is 6.30. The molecule has 1 amide bonds. The lowest BCUT2D eigenvalue weighted by Gasteiger charge is -2.30. The average Bonchev–Trinajstić information content (AvgIpc) is 3.09. The molecule has 1 unspecified atom stereocenters. The van der Waals surface area contributed by atoms with E-state index in [0.29, 0.717) is 12.5 Å². The fourth-order valence-electron chi connectivity index (χ4n) is 3.72. The van der Waals surface area contributed by atoms with Crippen LogP contribution in [0.15, 0.2) is 24.3 Å². The highest BCUT2D eigenvalue weighted by Gasteiger charge is 2.45. The van der Waals surface area contributed by atoms with Gasteiger partial charge in [-0.05, 0) is 30.4 Å². The van der Waals surface area contributed by atoms with Crippen LogP contribution < -0.4 is 11.1 Å². The maximum Gasteiger partial charge on any atom is 0.221 e. The zero-order valence-corrected chi connectivity index (χ0v) is 12.4. The predicted molar refractivity (Wildman–Crippen MR) is 81.7 cm³/mol. The highest BCUT2D eigenvalue weighted by molar-refractivity contribution is 5.76. The van der Waals surface area contributed by atoms with E-state index in [0.717, 1.165) is 25.1 Å².